The van der Waals surface area contributed by atoms with Crippen LogP contribution in [0.25, 0.3) is 0 Å². The second kappa shape index (κ2) is 5.84. The van der Waals surface area contributed by atoms with Gasteiger partial charge in [0.1, 0.15) is 12.4 Å². The van der Waals surface area contributed by atoms with Gasteiger partial charge in [-0.05, 0) is 30.2 Å². The fourth-order valence-corrected chi connectivity index (χ4v) is 1.76. The van der Waals surface area contributed by atoms with E-state index in [2.05, 4.69) is 24.0 Å². The molecule has 1 fully saturated rings. The minimum absolute atomic E-state index is 0.166. The summed E-state index contributed by atoms with van der Waals surface area (Å²) in [6.45, 7) is 8.93. The molecule has 0 radical (unpaired) electrons. The molecule has 0 aliphatic carbocycles. The van der Waals surface area contributed by atoms with Gasteiger partial charge in [0.15, 0.2) is 0 Å². The van der Waals surface area contributed by atoms with E-state index in [0.717, 1.165) is 31.0 Å². The van der Waals surface area contributed by atoms with E-state index in [-0.39, 0.29) is 6.10 Å². The number of morpholine rings is 1. The maximum absolute atomic E-state index is 5.68. The third kappa shape index (κ3) is 3.58. The fourth-order valence-electron chi connectivity index (χ4n) is 1.76. The van der Waals surface area contributed by atoms with Crippen LogP contribution < -0.4 is 10.1 Å². The lowest BCUT2D eigenvalue weighted by atomic mass is 10.1. The molecule has 1 aliphatic heterocycles. The lowest BCUT2D eigenvalue weighted by Gasteiger charge is -2.24. The molecule has 1 atom stereocenters. The predicted octanol–water partition coefficient (Wildman–Crippen LogP) is 2.30. The maximum Gasteiger partial charge on any atom is 0.119 e. The van der Waals surface area contributed by atoms with Crippen molar-refractivity contribution in [3.63, 3.8) is 0 Å². The van der Waals surface area contributed by atoms with Crippen molar-refractivity contribution in [2.75, 3.05) is 26.3 Å². The van der Waals surface area contributed by atoms with Crippen molar-refractivity contribution < 1.29 is 9.47 Å². The maximum atomic E-state index is 5.68. The van der Waals surface area contributed by atoms with E-state index in [0.29, 0.717) is 6.61 Å². The van der Waals surface area contributed by atoms with Gasteiger partial charge in [-0.3, -0.25) is 0 Å². The molecule has 3 heteroatoms. The summed E-state index contributed by atoms with van der Waals surface area (Å²) >= 11 is 0. The predicted molar refractivity (Wildman–Crippen MR) is 68.3 cm³/mol. The number of hydrogen-bond donors (Lipinski definition) is 1. The molecule has 0 bridgehead atoms. The van der Waals surface area contributed by atoms with Crippen LogP contribution in [0.4, 0.5) is 0 Å². The largest absolute Gasteiger partial charge is 0.489 e. The van der Waals surface area contributed by atoms with Crippen LogP contribution in [0.2, 0.25) is 0 Å². The highest BCUT2D eigenvalue weighted by atomic mass is 16.5. The van der Waals surface area contributed by atoms with Crippen molar-refractivity contribution in [2.45, 2.75) is 13.0 Å². The van der Waals surface area contributed by atoms with E-state index in [9.17, 15) is 0 Å². The number of hydrogen-bond acceptors (Lipinski definition) is 3. The van der Waals surface area contributed by atoms with Crippen LogP contribution >= 0.6 is 0 Å². The van der Waals surface area contributed by atoms with Crippen molar-refractivity contribution in [1.29, 1.82) is 0 Å². The topological polar surface area (TPSA) is 30.5 Å². The Labute approximate surface area is 102 Å². The minimum Gasteiger partial charge on any atom is -0.489 e. The normalized spacial score (nSPS) is 19.9. The van der Waals surface area contributed by atoms with E-state index < -0.39 is 0 Å². The zero-order valence-electron chi connectivity index (χ0n) is 10.2. The molecule has 1 saturated heterocycles. The monoisotopic (exact) mass is 233 g/mol. The van der Waals surface area contributed by atoms with E-state index in [1.54, 1.807) is 0 Å². The molecule has 0 amide bonds. The molecule has 1 N–H and O–H groups in total. The summed E-state index contributed by atoms with van der Waals surface area (Å²) < 4.78 is 11.2. The quantitative estimate of drug-likeness (QED) is 0.809. The SMILES string of the molecule is C=C(C)COc1ccc(C2CNCCO2)cc1. The van der Waals surface area contributed by atoms with Crippen molar-refractivity contribution in [1.82, 2.24) is 5.32 Å². The highest BCUT2D eigenvalue weighted by Gasteiger charge is 2.15. The molecule has 1 aliphatic rings. The zero-order chi connectivity index (χ0) is 12.1. The first-order chi connectivity index (χ1) is 8.25. The molecule has 0 aromatic heterocycles. The Balaban J connectivity index is 1.94. The first kappa shape index (κ1) is 12.1. The first-order valence-electron chi connectivity index (χ1n) is 5.95. The van der Waals surface area contributed by atoms with Gasteiger partial charge in [-0.2, -0.15) is 0 Å². The third-order valence-corrected chi connectivity index (χ3v) is 2.66. The van der Waals surface area contributed by atoms with Gasteiger partial charge >= 0.3 is 0 Å². The van der Waals surface area contributed by atoms with Gasteiger partial charge in [0, 0.05) is 13.1 Å². The van der Waals surface area contributed by atoms with Crippen LogP contribution in [0.3, 0.4) is 0 Å². The van der Waals surface area contributed by atoms with Crippen LogP contribution in [0.15, 0.2) is 36.4 Å². The number of benzene rings is 1. The fraction of sp³-hybridized carbons (Fsp3) is 0.429. The highest BCUT2D eigenvalue weighted by molar-refractivity contribution is 5.29. The number of nitrogens with one attached hydrogen (secondary N) is 1. The summed E-state index contributed by atoms with van der Waals surface area (Å²) in [5, 5.41) is 3.32. The van der Waals surface area contributed by atoms with Crippen LogP contribution in [0, 0.1) is 0 Å². The Hall–Kier alpha value is -1.32. The van der Waals surface area contributed by atoms with Gasteiger partial charge in [-0.1, -0.05) is 18.7 Å². The van der Waals surface area contributed by atoms with Crippen molar-refractivity contribution in [3.8, 4) is 5.75 Å². The number of rotatable bonds is 4. The van der Waals surface area contributed by atoms with Crippen molar-refractivity contribution in [2.24, 2.45) is 0 Å². The second-order valence-electron chi connectivity index (χ2n) is 4.38. The molecule has 3 nitrogen and oxygen atoms in total. The van der Waals surface area contributed by atoms with Gasteiger partial charge in [0.05, 0.1) is 12.7 Å². The summed E-state index contributed by atoms with van der Waals surface area (Å²) in [6, 6.07) is 8.09. The van der Waals surface area contributed by atoms with Crippen molar-refractivity contribution >= 4 is 0 Å². The molecule has 1 aromatic rings. The average molecular weight is 233 g/mol. The molecule has 0 spiro atoms. The summed E-state index contributed by atoms with van der Waals surface area (Å²) in [5.41, 5.74) is 2.22. The molecule has 1 aromatic carbocycles. The Morgan fingerprint density at radius 1 is 1.47 bits per heavy atom. The summed E-state index contributed by atoms with van der Waals surface area (Å²) in [6.07, 6.45) is 0.166. The third-order valence-electron chi connectivity index (χ3n) is 2.66. The van der Waals surface area contributed by atoms with E-state index in [4.69, 9.17) is 9.47 Å². The summed E-state index contributed by atoms with van der Waals surface area (Å²) in [5.74, 6) is 0.875. The van der Waals surface area contributed by atoms with Gasteiger partial charge in [0.25, 0.3) is 0 Å². The molecule has 1 heterocycles. The Morgan fingerprint density at radius 3 is 2.82 bits per heavy atom. The molecule has 1 unspecified atom stereocenters. The lowest BCUT2D eigenvalue weighted by Crippen LogP contribution is -2.33. The second-order valence-corrected chi connectivity index (χ2v) is 4.38. The van der Waals surface area contributed by atoms with Crippen molar-refractivity contribution in [3.05, 3.63) is 42.0 Å². The van der Waals surface area contributed by atoms with Gasteiger partial charge in [-0.25, -0.2) is 0 Å². The first-order valence-corrected chi connectivity index (χ1v) is 5.95. The van der Waals surface area contributed by atoms with Gasteiger partial charge in [-0.15, -0.1) is 0 Å². The Kier molecular flexibility index (Phi) is 4.18. The minimum atomic E-state index is 0.166. The molecule has 92 valence electrons. The molecular formula is C14H19NO2. The molecule has 17 heavy (non-hydrogen) atoms. The van der Waals surface area contributed by atoms with E-state index in [1.165, 1.54) is 5.56 Å². The standard InChI is InChI=1S/C14H19NO2/c1-11(2)10-17-13-5-3-12(4-6-13)14-9-15-7-8-16-14/h3-6,14-15H,1,7-10H2,2H3. The van der Waals surface area contributed by atoms with E-state index in [1.807, 2.05) is 19.1 Å². The van der Waals surface area contributed by atoms with Gasteiger partial charge in [0.2, 0.25) is 0 Å². The average Bonchev–Trinajstić information content (AvgIpc) is 2.38. The number of ether oxygens (including phenoxy) is 2. The highest BCUT2D eigenvalue weighted by Crippen LogP contribution is 2.21. The molecular weight excluding hydrogens is 214 g/mol. The molecule has 0 saturated carbocycles. The summed E-state index contributed by atoms with van der Waals surface area (Å²) in [4.78, 5) is 0. The van der Waals surface area contributed by atoms with Crippen LogP contribution in [0.5, 0.6) is 5.75 Å². The van der Waals surface area contributed by atoms with Crippen LogP contribution in [-0.4, -0.2) is 26.3 Å². The van der Waals surface area contributed by atoms with E-state index >= 15 is 0 Å². The molecule has 2 rings (SSSR count). The van der Waals surface area contributed by atoms with Gasteiger partial charge < -0.3 is 14.8 Å². The zero-order valence-corrected chi connectivity index (χ0v) is 10.2. The van der Waals surface area contributed by atoms with Crippen LogP contribution in [0.1, 0.15) is 18.6 Å². The lowest BCUT2D eigenvalue weighted by molar-refractivity contribution is 0.0277. The Morgan fingerprint density at radius 2 is 2.24 bits per heavy atom. The Bertz CT molecular complexity index is 366. The smallest absolute Gasteiger partial charge is 0.119 e. The summed E-state index contributed by atoms with van der Waals surface area (Å²) in [7, 11) is 0. The van der Waals surface area contributed by atoms with Crippen LogP contribution in [-0.2, 0) is 4.74 Å².